The van der Waals surface area contributed by atoms with Crippen LogP contribution < -0.4 is 14.2 Å². The molecule has 444 valence electrons. The number of alkyl halides is 3. The lowest BCUT2D eigenvalue weighted by molar-refractivity contribution is -0.137. The molecule has 0 saturated heterocycles. The van der Waals surface area contributed by atoms with Crippen LogP contribution in [0.2, 0.25) is 5.02 Å². The van der Waals surface area contributed by atoms with Gasteiger partial charge in [0.1, 0.15) is 23.2 Å². The third-order valence-electron chi connectivity index (χ3n) is 11.8. The van der Waals surface area contributed by atoms with Crippen LogP contribution in [-0.4, -0.2) is 26.4 Å². The molecule has 0 amide bonds. The summed E-state index contributed by atoms with van der Waals surface area (Å²) in [6, 6.07) is 38.5. The van der Waals surface area contributed by atoms with Gasteiger partial charge in [0.05, 0.1) is 26.9 Å². The third kappa shape index (κ3) is 33.2. The van der Waals surface area contributed by atoms with Crippen LogP contribution in [0.4, 0.5) is 26.3 Å². The number of phenols is 1. The first-order chi connectivity index (χ1) is 38.2. The Labute approximate surface area is 488 Å². The second-order valence-electron chi connectivity index (χ2n) is 21.7. The number of allylic oxidation sites excluding steroid dienone is 3. The summed E-state index contributed by atoms with van der Waals surface area (Å²) in [4.78, 5) is 0. The SMILES string of the molecule is CC(C)/C(F)=C/c1ccccc1.CC(C)/C=C/c1ccc(F)cc1F.CC(C)/C=C/c1cccc(C(F)(F)F)c1.CC(C)CCc1ccccc1Cl.COc1cc(CCC(C)C)cc(OC)c1O.COc1ccc(CCC(C)C)cc1. The predicted octanol–water partition coefficient (Wildman–Crippen LogP) is 21.9. The molecule has 0 spiro atoms. The summed E-state index contributed by atoms with van der Waals surface area (Å²) in [5.74, 6) is 3.68. The van der Waals surface area contributed by atoms with E-state index in [1.54, 1.807) is 45.6 Å². The number of methoxy groups -OCH3 is 3. The Hall–Kier alpha value is -6.39. The molecule has 0 aliphatic heterocycles. The molecule has 11 heteroatoms. The van der Waals surface area contributed by atoms with Crippen LogP contribution in [0.5, 0.6) is 23.0 Å². The molecule has 0 aromatic heterocycles. The zero-order valence-corrected chi connectivity index (χ0v) is 51.4. The summed E-state index contributed by atoms with van der Waals surface area (Å²) >= 11 is 6.01. The van der Waals surface area contributed by atoms with E-state index in [1.165, 1.54) is 48.6 Å². The number of aryl methyl sites for hydroxylation is 3. The van der Waals surface area contributed by atoms with Crippen LogP contribution in [0.25, 0.3) is 18.2 Å². The van der Waals surface area contributed by atoms with Gasteiger partial charge in [-0.2, -0.15) is 13.2 Å². The van der Waals surface area contributed by atoms with E-state index < -0.39 is 23.4 Å². The van der Waals surface area contributed by atoms with Gasteiger partial charge in [-0.3, -0.25) is 0 Å². The van der Waals surface area contributed by atoms with Crippen molar-refractivity contribution in [1.29, 1.82) is 0 Å². The molecule has 0 atom stereocenters. The largest absolute Gasteiger partial charge is 0.502 e. The smallest absolute Gasteiger partial charge is 0.416 e. The lowest BCUT2D eigenvalue weighted by Gasteiger charge is -2.11. The molecule has 6 rings (SSSR count). The first-order valence-electron chi connectivity index (χ1n) is 27.9. The fraction of sp³-hybridized carbons (Fsp3) is 0.400. The van der Waals surface area contributed by atoms with Crippen molar-refractivity contribution in [3.63, 3.8) is 0 Å². The predicted molar refractivity (Wildman–Crippen MR) is 331 cm³/mol. The normalized spacial score (nSPS) is 11.3. The molecule has 0 saturated carbocycles. The quantitative estimate of drug-likeness (QED) is 0.0872. The van der Waals surface area contributed by atoms with Crippen molar-refractivity contribution in [3.8, 4) is 23.0 Å². The van der Waals surface area contributed by atoms with E-state index in [9.17, 15) is 31.4 Å². The van der Waals surface area contributed by atoms with Gasteiger partial charge < -0.3 is 19.3 Å². The van der Waals surface area contributed by atoms with Crippen molar-refractivity contribution in [2.24, 2.45) is 35.5 Å². The van der Waals surface area contributed by atoms with Gasteiger partial charge in [-0.1, -0.05) is 192 Å². The van der Waals surface area contributed by atoms with Gasteiger partial charge in [0.15, 0.2) is 11.5 Å². The van der Waals surface area contributed by atoms with Crippen molar-refractivity contribution in [2.75, 3.05) is 21.3 Å². The van der Waals surface area contributed by atoms with Crippen LogP contribution in [-0.2, 0) is 25.4 Å². The van der Waals surface area contributed by atoms with E-state index >= 15 is 0 Å². The minimum absolute atomic E-state index is 0.0230. The first-order valence-corrected chi connectivity index (χ1v) is 28.3. The Morgan fingerprint density at radius 1 is 0.543 bits per heavy atom. The van der Waals surface area contributed by atoms with Crippen molar-refractivity contribution >= 4 is 29.8 Å². The lowest BCUT2D eigenvalue weighted by Crippen LogP contribution is -2.04. The van der Waals surface area contributed by atoms with Gasteiger partial charge >= 0.3 is 6.18 Å². The minimum atomic E-state index is -4.26. The molecule has 0 fully saturated rings. The summed E-state index contributed by atoms with van der Waals surface area (Å²) in [7, 11) is 4.78. The molecule has 6 aromatic rings. The van der Waals surface area contributed by atoms with Gasteiger partial charge in [0.25, 0.3) is 0 Å². The summed E-state index contributed by atoms with van der Waals surface area (Å²) in [5.41, 5.74) is 5.12. The summed E-state index contributed by atoms with van der Waals surface area (Å²) in [5, 5.41) is 10.6. The topological polar surface area (TPSA) is 47.9 Å². The molecule has 4 nitrogen and oxygen atoms in total. The van der Waals surface area contributed by atoms with Gasteiger partial charge in [-0.05, 0) is 157 Å². The Bertz CT molecular complexity index is 2700. The number of benzene rings is 6. The zero-order valence-electron chi connectivity index (χ0n) is 50.6. The molecule has 0 aliphatic rings. The first kappa shape index (κ1) is 72.6. The van der Waals surface area contributed by atoms with Gasteiger partial charge in [-0.25, -0.2) is 13.2 Å². The Morgan fingerprint density at radius 3 is 1.53 bits per heavy atom. The summed E-state index contributed by atoms with van der Waals surface area (Å²) in [6.45, 7) is 25.0. The highest BCUT2D eigenvalue weighted by Gasteiger charge is 2.30. The number of rotatable bonds is 18. The van der Waals surface area contributed by atoms with E-state index in [2.05, 4.69) is 59.7 Å². The molecule has 81 heavy (non-hydrogen) atoms. The van der Waals surface area contributed by atoms with Crippen LogP contribution in [0, 0.1) is 47.1 Å². The standard InChI is InChI=1S/C13H20O3.C12H13F3.C12H18O.C11H15Cl.C11H12F2.C11H13F/c1-9(2)5-6-10-7-11(15-3)13(14)12(8-10)16-4;1-9(2)6-7-10-4-3-5-11(8-10)12(13,14)15;1-10(2)4-5-11-6-8-12(13-3)9-7-11;1-9(2)7-8-10-5-3-4-6-11(10)12;1-8(2)3-4-9-5-6-10(12)7-11(9)13;1-9(2)11(12)8-10-6-4-3-5-7-10/h7-9,14H,5-6H2,1-4H3;3-9H,1-2H3;6-10H,4-5H2,1-3H3;3-6,9H,7-8H2,1-2H3;3-8H,1-2H3;3-9H,1-2H3/b;7-6+;;;4-3+;11-8-. The van der Waals surface area contributed by atoms with Crippen molar-refractivity contribution in [3.05, 3.63) is 207 Å². The second-order valence-corrected chi connectivity index (χ2v) is 22.1. The summed E-state index contributed by atoms with van der Waals surface area (Å²) < 4.78 is 90.9. The van der Waals surface area contributed by atoms with Gasteiger partial charge in [0, 0.05) is 22.6 Å². The average molecular weight is 1150 g/mol. The fourth-order valence-corrected chi connectivity index (χ4v) is 7.10. The number of aromatic hydroxyl groups is 1. The molecule has 1 N–H and O–H groups in total. The fourth-order valence-electron chi connectivity index (χ4n) is 6.87. The highest BCUT2D eigenvalue weighted by Crippen LogP contribution is 2.37. The highest BCUT2D eigenvalue weighted by molar-refractivity contribution is 6.31. The summed E-state index contributed by atoms with van der Waals surface area (Å²) in [6.07, 6.45) is 11.2. The second kappa shape index (κ2) is 39.9. The van der Waals surface area contributed by atoms with Crippen molar-refractivity contribution in [2.45, 2.75) is 128 Å². The molecule has 0 radical (unpaired) electrons. The van der Waals surface area contributed by atoms with Gasteiger partial charge in [-0.15, -0.1) is 0 Å². The number of halogens is 7. The molecule has 0 aliphatic carbocycles. The van der Waals surface area contributed by atoms with E-state index in [0.29, 0.717) is 40.4 Å². The van der Waals surface area contributed by atoms with Crippen molar-refractivity contribution in [1.82, 2.24) is 0 Å². The average Bonchev–Trinajstić information content (AvgIpc) is 3.42. The lowest BCUT2D eigenvalue weighted by atomic mass is 10.0. The van der Waals surface area contributed by atoms with E-state index in [1.807, 2.05) is 126 Å². The van der Waals surface area contributed by atoms with Crippen LogP contribution >= 0.6 is 11.6 Å². The molecule has 0 heterocycles. The van der Waals surface area contributed by atoms with Crippen LogP contribution in [0.1, 0.15) is 141 Å². The van der Waals surface area contributed by atoms with Crippen molar-refractivity contribution < 1.29 is 45.7 Å². The van der Waals surface area contributed by atoms with Crippen LogP contribution in [0.15, 0.2) is 151 Å². The van der Waals surface area contributed by atoms with E-state index in [4.69, 9.17) is 25.8 Å². The number of phenolic OH excluding ortho intramolecular Hbond substituents is 1. The van der Waals surface area contributed by atoms with E-state index in [-0.39, 0.29) is 17.5 Å². The maximum atomic E-state index is 13.1. The maximum Gasteiger partial charge on any atom is 0.416 e. The highest BCUT2D eigenvalue weighted by atomic mass is 35.5. The molecule has 0 bridgehead atoms. The van der Waals surface area contributed by atoms with E-state index in [0.717, 1.165) is 71.2 Å². The Morgan fingerprint density at radius 2 is 1.05 bits per heavy atom. The Kier molecular flexibility index (Phi) is 35.8. The molecule has 6 aromatic carbocycles. The van der Waals surface area contributed by atoms with Gasteiger partial charge in [0.2, 0.25) is 5.75 Å². The molecule has 0 unspecified atom stereocenters. The third-order valence-corrected chi connectivity index (χ3v) is 12.2. The van der Waals surface area contributed by atoms with Crippen LogP contribution in [0.3, 0.4) is 0 Å². The maximum absolute atomic E-state index is 13.1. The Balaban J connectivity index is 0.000000487. The number of hydrogen-bond acceptors (Lipinski definition) is 4. The number of hydrogen-bond donors (Lipinski definition) is 1. The molecular weight excluding hydrogens is 1050 g/mol. The minimum Gasteiger partial charge on any atom is -0.502 e. The molecular formula is C70H91ClF6O4. The zero-order chi connectivity index (χ0) is 61.1. The number of ether oxygens (including phenoxy) is 3. The monoisotopic (exact) mass is 1140 g/mol.